The van der Waals surface area contributed by atoms with Crippen LogP contribution in [0.2, 0.25) is 0 Å². The van der Waals surface area contributed by atoms with E-state index in [2.05, 4.69) is 32.3 Å². The first kappa shape index (κ1) is 21.1. The van der Waals surface area contributed by atoms with E-state index in [4.69, 9.17) is 9.47 Å². The first-order chi connectivity index (χ1) is 15.2. The van der Waals surface area contributed by atoms with Crippen LogP contribution in [0.25, 0.3) is 11.3 Å². The highest BCUT2D eigenvalue weighted by molar-refractivity contribution is 8.06. The summed E-state index contributed by atoms with van der Waals surface area (Å²) >= 11 is 1.51. The second-order valence-electron chi connectivity index (χ2n) is 7.28. The van der Waals surface area contributed by atoms with Crippen LogP contribution in [0.1, 0.15) is 36.5 Å². The Morgan fingerprint density at radius 3 is 2.87 bits per heavy atom. The van der Waals surface area contributed by atoms with Crippen molar-refractivity contribution in [2.45, 2.75) is 32.2 Å². The maximum atomic E-state index is 10.1. The molecule has 0 fully saturated rings. The molecule has 0 saturated carbocycles. The Morgan fingerprint density at radius 1 is 1.26 bits per heavy atom. The van der Waals surface area contributed by atoms with Gasteiger partial charge in [0, 0.05) is 30.5 Å². The third-order valence-electron chi connectivity index (χ3n) is 5.47. The monoisotopic (exact) mass is 435 g/mol. The second kappa shape index (κ2) is 9.31. The molecule has 4 rings (SSSR count). The van der Waals surface area contributed by atoms with Crippen LogP contribution in [0, 0.1) is 11.3 Å². The maximum Gasteiger partial charge on any atom is 0.177 e. The third-order valence-corrected chi connectivity index (χ3v) is 6.46. The van der Waals surface area contributed by atoms with Crippen molar-refractivity contribution in [3.05, 3.63) is 58.5 Å². The van der Waals surface area contributed by atoms with Gasteiger partial charge in [-0.2, -0.15) is 5.26 Å². The van der Waals surface area contributed by atoms with Crippen molar-refractivity contribution < 1.29 is 9.47 Å². The molecule has 2 aliphatic heterocycles. The lowest BCUT2D eigenvalue weighted by molar-refractivity contribution is 0.400. The van der Waals surface area contributed by atoms with Gasteiger partial charge in [-0.3, -0.25) is 0 Å². The number of methoxy groups -OCH3 is 2. The first-order valence-electron chi connectivity index (χ1n) is 10.3. The SMILES string of the molecule is C=CCN1C(c2cc(OC)ccc2OC)=CS/C1=C(/C#N)c1nnc2n1CCCCC2. The summed E-state index contributed by atoms with van der Waals surface area (Å²) in [5.41, 5.74) is 2.35. The summed E-state index contributed by atoms with van der Waals surface area (Å²) < 4.78 is 13.1. The molecule has 0 spiro atoms. The van der Waals surface area contributed by atoms with Crippen LogP contribution in [0.5, 0.6) is 11.5 Å². The highest BCUT2D eigenvalue weighted by Crippen LogP contribution is 2.45. The summed E-state index contributed by atoms with van der Waals surface area (Å²) in [7, 11) is 3.29. The van der Waals surface area contributed by atoms with Gasteiger partial charge in [0.1, 0.15) is 34.0 Å². The Kier molecular flexibility index (Phi) is 6.33. The van der Waals surface area contributed by atoms with Crippen molar-refractivity contribution in [2.24, 2.45) is 0 Å². The Labute approximate surface area is 186 Å². The average molecular weight is 436 g/mol. The molecule has 1 aromatic carbocycles. The smallest absolute Gasteiger partial charge is 0.177 e. The van der Waals surface area contributed by atoms with Crippen molar-refractivity contribution in [1.29, 1.82) is 5.26 Å². The van der Waals surface area contributed by atoms with Gasteiger partial charge in [0.15, 0.2) is 5.82 Å². The molecule has 3 heterocycles. The Bertz CT molecular complexity index is 1100. The van der Waals surface area contributed by atoms with Crippen LogP contribution in [0.15, 0.2) is 41.3 Å². The largest absolute Gasteiger partial charge is 0.497 e. The van der Waals surface area contributed by atoms with Gasteiger partial charge in [0.2, 0.25) is 0 Å². The lowest BCUT2D eigenvalue weighted by Crippen LogP contribution is -2.19. The molecule has 8 heteroatoms. The minimum atomic E-state index is 0.528. The zero-order valence-corrected chi connectivity index (χ0v) is 18.6. The molecule has 2 aromatic rings. The van der Waals surface area contributed by atoms with E-state index >= 15 is 0 Å². The molecule has 0 saturated heterocycles. The molecule has 0 aliphatic carbocycles. The quantitative estimate of drug-likeness (QED) is 0.490. The lowest BCUT2D eigenvalue weighted by atomic mass is 10.1. The fraction of sp³-hybridized carbons (Fsp3) is 0.348. The molecule has 0 unspecified atom stereocenters. The van der Waals surface area contributed by atoms with E-state index in [1.807, 2.05) is 29.7 Å². The third kappa shape index (κ3) is 3.93. The number of nitrogens with zero attached hydrogens (tertiary/aromatic N) is 5. The number of ether oxygens (including phenoxy) is 2. The number of aromatic nitrogens is 3. The molecule has 1 aromatic heterocycles. The van der Waals surface area contributed by atoms with Crippen molar-refractivity contribution in [1.82, 2.24) is 19.7 Å². The van der Waals surface area contributed by atoms with Crippen LogP contribution >= 0.6 is 11.8 Å². The van der Waals surface area contributed by atoms with Crippen LogP contribution in [0.4, 0.5) is 0 Å². The minimum absolute atomic E-state index is 0.528. The summed E-state index contributed by atoms with van der Waals surface area (Å²) in [5, 5.41) is 21.8. The number of hydrogen-bond donors (Lipinski definition) is 0. The zero-order chi connectivity index (χ0) is 21.8. The maximum absolute atomic E-state index is 10.1. The second-order valence-corrected chi connectivity index (χ2v) is 8.14. The molecule has 0 N–H and O–H groups in total. The van der Waals surface area contributed by atoms with Crippen LogP contribution in [-0.2, 0) is 13.0 Å². The van der Waals surface area contributed by atoms with E-state index in [-0.39, 0.29) is 0 Å². The van der Waals surface area contributed by atoms with E-state index < -0.39 is 0 Å². The van der Waals surface area contributed by atoms with E-state index in [1.165, 1.54) is 18.2 Å². The number of thioether (sulfide) groups is 1. The highest BCUT2D eigenvalue weighted by atomic mass is 32.2. The molecule has 31 heavy (non-hydrogen) atoms. The number of nitriles is 1. The lowest BCUT2D eigenvalue weighted by Gasteiger charge is -2.24. The van der Waals surface area contributed by atoms with Gasteiger partial charge in [-0.1, -0.05) is 24.3 Å². The molecule has 7 nitrogen and oxygen atoms in total. The van der Waals surface area contributed by atoms with E-state index in [0.717, 1.165) is 59.4 Å². The van der Waals surface area contributed by atoms with E-state index in [0.29, 0.717) is 17.9 Å². The number of aryl methyl sites for hydroxylation is 1. The number of benzene rings is 1. The average Bonchev–Trinajstić information content (AvgIpc) is 3.31. The molecule has 0 atom stereocenters. The Morgan fingerprint density at radius 2 is 2.13 bits per heavy atom. The van der Waals surface area contributed by atoms with Crippen molar-refractivity contribution >= 4 is 23.0 Å². The van der Waals surface area contributed by atoms with Crippen LogP contribution in [-0.4, -0.2) is 40.4 Å². The summed E-state index contributed by atoms with van der Waals surface area (Å²) in [4.78, 5) is 2.08. The molecular formula is C23H25N5O2S. The zero-order valence-electron chi connectivity index (χ0n) is 17.8. The molecule has 160 valence electrons. The Balaban J connectivity index is 1.80. The van der Waals surface area contributed by atoms with Crippen molar-refractivity contribution in [2.75, 3.05) is 20.8 Å². The number of rotatable bonds is 6. The van der Waals surface area contributed by atoms with Crippen LogP contribution < -0.4 is 9.47 Å². The minimum Gasteiger partial charge on any atom is -0.497 e. The predicted octanol–water partition coefficient (Wildman–Crippen LogP) is 4.45. The van der Waals surface area contributed by atoms with Gasteiger partial charge >= 0.3 is 0 Å². The van der Waals surface area contributed by atoms with Gasteiger partial charge in [0.05, 0.1) is 19.9 Å². The topological polar surface area (TPSA) is 76.2 Å². The molecule has 0 radical (unpaired) electrons. The van der Waals surface area contributed by atoms with E-state index in [1.54, 1.807) is 14.2 Å². The van der Waals surface area contributed by atoms with Crippen molar-refractivity contribution in [3.8, 4) is 17.6 Å². The number of hydrogen-bond acceptors (Lipinski definition) is 7. The summed E-state index contributed by atoms with van der Waals surface area (Å²) in [6, 6.07) is 8.10. The first-order valence-corrected chi connectivity index (χ1v) is 11.1. The fourth-order valence-electron chi connectivity index (χ4n) is 3.94. The van der Waals surface area contributed by atoms with Crippen molar-refractivity contribution in [3.63, 3.8) is 0 Å². The van der Waals surface area contributed by atoms with Gasteiger partial charge < -0.3 is 18.9 Å². The molecule has 2 aliphatic rings. The Hall–Kier alpha value is -3.18. The highest BCUT2D eigenvalue weighted by Gasteiger charge is 2.30. The summed E-state index contributed by atoms with van der Waals surface area (Å²) in [5.74, 6) is 3.07. The van der Waals surface area contributed by atoms with Gasteiger partial charge in [-0.05, 0) is 31.0 Å². The van der Waals surface area contributed by atoms with E-state index in [9.17, 15) is 5.26 Å². The van der Waals surface area contributed by atoms with Gasteiger partial charge in [-0.25, -0.2) is 0 Å². The predicted molar refractivity (Wildman–Crippen MR) is 122 cm³/mol. The molecular weight excluding hydrogens is 410 g/mol. The van der Waals surface area contributed by atoms with Crippen LogP contribution in [0.3, 0.4) is 0 Å². The fourth-order valence-corrected chi connectivity index (χ4v) is 4.97. The summed E-state index contributed by atoms with van der Waals surface area (Å²) in [6.07, 6.45) is 6.07. The number of fused-ring (bicyclic) bond motifs is 1. The normalized spacial score (nSPS) is 17.3. The van der Waals surface area contributed by atoms with Gasteiger partial charge in [0.25, 0.3) is 0 Å². The molecule has 0 amide bonds. The molecule has 0 bridgehead atoms. The van der Waals surface area contributed by atoms with Gasteiger partial charge in [-0.15, -0.1) is 16.8 Å². The number of allylic oxidation sites excluding steroid dienone is 1. The standard InChI is InChI=1S/C23H25N5O2S/c1-4-11-27-19(17-13-16(29-2)9-10-20(17)30-3)15-31-23(27)18(14-24)22-26-25-21-8-6-5-7-12-28(21)22/h4,9-10,13,15H,1,5-8,11-12H2,2-3H3/b23-18-. The summed E-state index contributed by atoms with van der Waals surface area (Å²) in [6.45, 7) is 5.30.